The molecule has 1 rings (SSSR count). The van der Waals surface area contributed by atoms with Gasteiger partial charge in [-0.25, -0.2) is 4.68 Å². The zero-order valence-electron chi connectivity index (χ0n) is 10.7. The molecule has 0 unspecified atom stereocenters. The minimum atomic E-state index is -0.259. The Balaban J connectivity index is 2.43. The maximum Gasteiger partial charge on any atom is 0.251 e. The molecule has 0 atom stereocenters. The molecule has 0 radical (unpaired) electrons. The Morgan fingerprint density at radius 2 is 2.33 bits per heavy atom. The number of rotatable bonds is 8. The highest BCUT2D eigenvalue weighted by Gasteiger charge is 2.08. The number of aryl methyl sites for hydroxylation is 1. The van der Waals surface area contributed by atoms with Crippen LogP contribution in [0.4, 0.5) is 5.82 Å². The summed E-state index contributed by atoms with van der Waals surface area (Å²) in [6, 6.07) is 1.74. The maximum absolute atomic E-state index is 11.6. The first kappa shape index (κ1) is 14.6. The molecule has 0 saturated carbocycles. The molecular weight excluding hydrogens is 238 g/mol. The monoisotopic (exact) mass is 257 g/mol. The Labute approximate surface area is 106 Å². The molecule has 1 aromatic rings. The van der Waals surface area contributed by atoms with E-state index in [0.29, 0.717) is 25.6 Å². The van der Waals surface area contributed by atoms with Crippen LogP contribution in [0.2, 0.25) is 0 Å². The summed E-state index contributed by atoms with van der Waals surface area (Å²) in [4.78, 5) is 11.6. The van der Waals surface area contributed by atoms with E-state index in [-0.39, 0.29) is 19.1 Å². The molecule has 2 N–H and O–H groups in total. The average Bonchev–Trinajstić information content (AvgIpc) is 2.66. The molecule has 102 valence electrons. The zero-order valence-corrected chi connectivity index (χ0v) is 10.7. The minimum absolute atomic E-state index is 0.0334. The normalized spacial score (nSPS) is 10.6. The number of nitrogens with one attached hydrogen (secondary N) is 1. The third-order valence-electron chi connectivity index (χ3n) is 2.15. The summed E-state index contributed by atoms with van der Waals surface area (Å²) in [5.41, 5.74) is 0.777. The predicted octanol–water partition coefficient (Wildman–Crippen LogP) is -0.215. The van der Waals surface area contributed by atoms with Gasteiger partial charge >= 0.3 is 0 Å². The molecule has 1 amide bonds. The Bertz CT molecular complexity index is 378. The van der Waals surface area contributed by atoms with Crippen LogP contribution in [0.3, 0.4) is 0 Å². The molecule has 1 aromatic heterocycles. The van der Waals surface area contributed by atoms with Gasteiger partial charge in [-0.1, -0.05) is 0 Å². The number of aromatic nitrogens is 2. The second-order valence-corrected chi connectivity index (χ2v) is 3.71. The molecule has 0 fully saturated rings. The Morgan fingerprint density at radius 1 is 1.56 bits per heavy atom. The number of ether oxygens (including phenoxy) is 2. The van der Waals surface area contributed by atoms with Gasteiger partial charge in [-0.05, 0) is 6.92 Å². The highest BCUT2D eigenvalue weighted by molar-refractivity contribution is 5.90. The van der Waals surface area contributed by atoms with E-state index in [1.807, 2.05) is 6.92 Å². The van der Waals surface area contributed by atoms with Crippen LogP contribution in [0, 0.1) is 6.92 Å². The molecule has 1 heterocycles. The van der Waals surface area contributed by atoms with Gasteiger partial charge in [0.1, 0.15) is 12.4 Å². The van der Waals surface area contributed by atoms with E-state index in [4.69, 9.17) is 14.6 Å². The number of methoxy groups -OCH3 is 1. The van der Waals surface area contributed by atoms with Crippen LogP contribution in [0.25, 0.3) is 0 Å². The van der Waals surface area contributed by atoms with E-state index < -0.39 is 0 Å². The SMILES string of the molecule is COCCOCC(=O)Nc1cc(C)nn1CCO. The van der Waals surface area contributed by atoms with Crippen LogP contribution >= 0.6 is 0 Å². The van der Waals surface area contributed by atoms with Gasteiger partial charge in [-0.3, -0.25) is 4.79 Å². The van der Waals surface area contributed by atoms with Crippen molar-refractivity contribution < 1.29 is 19.4 Å². The van der Waals surface area contributed by atoms with E-state index >= 15 is 0 Å². The van der Waals surface area contributed by atoms with Crippen LogP contribution in [0.1, 0.15) is 5.69 Å². The lowest BCUT2D eigenvalue weighted by Gasteiger charge is -2.08. The van der Waals surface area contributed by atoms with Crippen LogP contribution in [-0.2, 0) is 20.8 Å². The minimum Gasteiger partial charge on any atom is -0.394 e. The fourth-order valence-corrected chi connectivity index (χ4v) is 1.40. The Kier molecular flexibility index (Phi) is 6.34. The maximum atomic E-state index is 11.6. The van der Waals surface area contributed by atoms with Gasteiger partial charge in [0, 0.05) is 13.2 Å². The first-order valence-corrected chi connectivity index (χ1v) is 5.69. The van der Waals surface area contributed by atoms with Crippen LogP contribution in [-0.4, -0.2) is 54.3 Å². The fourth-order valence-electron chi connectivity index (χ4n) is 1.40. The third kappa shape index (κ3) is 4.82. The number of aliphatic hydroxyl groups is 1. The van der Waals surface area contributed by atoms with Crippen LogP contribution < -0.4 is 5.32 Å². The zero-order chi connectivity index (χ0) is 13.4. The van der Waals surface area contributed by atoms with Crippen molar-refractivity contribution in [2.24, 2.45) is 0 Å². The number of nitrogens with zero attached hydrogens (tertiary/aromatic N) is 2. The molecule has 0 spiro atoms. The molecule has 0 aliphatic carbocycles. The highest BCUT2D eigenvalue weighted by atomic mass is 16.5. The van der Waals surface area contributed by atoms with Crippen molar-refractivity contribution in [3.8, 4) is 0 Å². The number of aliphatic hydroxyl groups excluding tert-OH is 1. The Hall–Kier alpha value is -1.44. The second kappa shape index (κ2) is 7.80. The van der Waals surface area contributed by atoms with Crippen molar-refractivity contribution in [1.82, 2.24) is 9.78 Å². The summed E-state index contributed by atoms with van der Waals surface area (Å²) in [5.74, 6) is 0.298. The van der Waals surface area contributed by atoms with Gasteiger partial charge in [0.25, 0.3) is 5.91 Å². The first-order valence-electron chi connectivity index (χ1n) is 5.69. The van der Waals surface area contributed by atoms with Gasteiger partial charge in [0.15, 0.2) is 0 Å². The van der Waals surface area contributed by atoms with Crippen LogP contribution in [0.5, 0.6) is 0 Å². The molecule has 18 heavy (non-hydrogen) atoms. The highest BCUT2D eigenvalue weighted by Crippen LogP contribution is 2.09. The van der Waals surface area contributed by atoms with Gasteiger partial charge < -0.3 is 19.9 Å². The number of hydrogen-bond donors (Lipinski definition) is 2. The summed E-state index contributed by atoms with van der Waals surface area (Å²) in [6.45, 7) is 2.92. The topological polar surface area (TPSA) is 85.6 Å². The average molecular weight is 257 g/mol. The second-order valence-electron chi connectivity index (χ2n) is 3.71. The smallest absolute Gasteiger partial charge is 0.251 e. The van der Waals surface area contributed by atoms with E-state index in [1.54, 1.807) is 17.9 Å². The summed E-state index contributed by atoms with van der Waals surface area (Å²) in [6.07, 6.45) is 0. The molecule has 7 heteroatoms. The number of carbonyl (C=O) groups excluding carboxylic acids is 1. The lowest BCUT2D eigenvalue weighted by atomic mass is 10.4. The number of hydrogen-bond acceptors (Lipinski definition) is 5. The largest absolute Gasteiger partial charge is 0.394 e. The standard InChI is InChI=1S/C11H19N3O4/c1-9-7-10(14(13-9)3-4-15)12-11(16)8-18-6-5-17-2/h7,15H,3-6,8H2,1-2H3,(H,12,16). The number of carbonyl (C=O) groups is 1. The third-order valence-corrected chi connectivity index (χ3v) is 2.15. The van der Waals surface area contributed by atoms with E-state index in [1.165, 1.54) is 0 Å². The first-order chi connectivity index (χ1) is 8.67. The summed E-state index contributed by atoms with van der Waals surface area (Å²) in [7, 11) is 1.57. The lowest BCUT2D eigenvalue weighted by Crippen LogP contribution is -2.22. The van der Waals surface area contributed by atoms with Crippen molar-refractivity contribution in [3.05, 3.63) is 11.8 Å². The van der Waals surface area contributed by atoms with E-state index in [9.17, 15) is 4.79 Å². The molecule has 0 aliphatic heterocycles. The number of amides is 1. The molecular formula is C11H19N3O4. The summed E-state index contributed by atoms with van der Waals surface area (Å²) in [5, 5.41) is 15.7. The van der Waals surface area contributed by atoms with E-state index in [0.717, 1.165) is 5.69 Å². The molecule has 0 saturated heterocycles. The molecule has 0 bridgehead atoms. The predicted molar refractivity (Wildman–Crippen MR) is 65.4 cm³/mol. The van der Waals surface area contributed by atoms with Gasteiger partial charge in [-0.2, -0.15) is 5.10 Å². The number of anilines is 1. The van der Waals surface area contributed by atoms with Gasteiger partial charge in [-0.15, -0.1) is 0 Å². The van der Waals surface area contributed by atoms with Crippen molar-refractivity contribution in [3.63, 3.8) is 0 Å². The fraction of sp³-hybridized carbons (Fsp3) is 0.636. The lowest BCUT2D eigenvalue weighted by molar-refractivity contribution is -0.121. The molecule has 7 nitrogen and oxygen atoms in total. The van der Waals surface area contributed by atoms with Crippen LogP contribution in [0.15, 0.2) is 6.07 Å². The molecule has 0 aromatic carbocycles. The Morgan fingerprint density at radius 3 is 3.00 bits per heavy atom. The quantitative estimate of drug-likeness (QED) is 0.629. The summed E-state index contributed by atoms with van der Waals surface area (Å²) >= 11 is 0. The van der Waals surface area contributed by atoms with Gasteiger partial charge in [0.2, 0.25) is 0 Å². The summed E-state index contributed by atoms with van der Waals surface area (Å²) < 4.78 is 11.4. The van der Waals surface area contributed by atoms with Crippen molar-refractivity contribution in [1.29, 1.82) is 0 Å². The van der Waals surface area contributed by atoms with Crippen molar-refractivity contribution >= 4 is 11.7 Å². The van der Waals surface area contributed by atoms with Gasteiger partial charge in [0.05, 0.1) is 32.1 Å². The van der Waals surface area contributed by atoms with E-state index in [2.05, 4.69) is 10.4 Å². The van der Waals surface area contributed by atoms with Crippen molar-refractivity contribution in [2.75, 3.05) is 38.9 Å². The molecule has 0 aliphatic rings. The van der Waals surface area contributed by atoms with Crippen molar-refractivity contribution in [2.45, 2.75) is 13.5 Å².